The zero-order valence-electron chi connectivity index (χ0n) is 14.0. The van der Waals surface area contributed by atoms with Crippen LogP contribution in [0, 0.1) is 6.92 Å². The van der Waals surface area contributed by atoms with Gasteiger partial charge in [0.1, 0.15) is 11.5 Å². The van der Waals surface area contributed by atoms with E-state index in [9.17, 15) is 9.59 Å². The number of rotatable bonds is 5. The summed E-state index contributed by atoms with van der Waals surface area (Å²) in [7, 11) is 0. The van der Waals surface area contributed by atoms with E-state index in [1.54, 1.807) is 36.4 Å². The topological polar surface area (TPSA) is 84.2 Å². The van der Waals surface area contributed by atoms with Gasteiger partial charge in [0.2, 0.25) is 0 Å². The summed E-state index contributed by atoms with van der Waals surface area (Å²) < 4.78 is 5.16. The fourth-order valence-corrected chi connectivity index (χ4v) is 2.48. The molecule has 2 heterocycles. The van der Waals surface area contributed by atoms with E-state index in [0.717, 1.165) is 5.56 Å². The molecule has 3 rings (SSSR count). The van der Waals surface area contributed by atoms with Gasteiger partial charge in [-0.25, -0.2) is 0 Å². The summed E-state index contributed by atoms with van der Waals surface area (Å²) in [6, 6.07) is 11.7. The molecule has 0 aliphatic carbocycles. The molecule has 0 bridgehead atoms. The summed E-state index contributed by atoms with van der Waals surface area (Å²) in [4.78, 5) is 28.7. The predicted molar refractivity (Wildman–Crippen MR) is 98.3 cm³/mol. The normalized spacial score (nSPS) is 10.4. The smallest absolute Gasteiger partial charge is 0.270 e. The van der Waals surface area contributed by atoms with Crippen molar-refractivity contribution >= 4 is 29.1 Å². The van der Waals surface area contributed by atoms with E-state index in [2.05, 4.69) is 15.6 Å². The second kappa shape index (κ2) is 7.84. The van der Waals surface area contributed by atoms with Crippen LogP contribution in [-0.2, 0) is 6.54 Å². The molecule has 0 radical (unpaired) electrons. The molecule has 26 heavy (non-hydrogen) atoms. The van der Waals surface area contributed by atoms with Crippen molar-refractivity contribution in [1.29, 1.82) is 0 Å². The van der Waals surface area contributed by atoms with Crippen LogP contribution < -0.4 is 10.6 Å². The molecular formula is C19H16ClN3O3. The minimum Gasteiger partial charge on any atom is -0.467 e. The van der Waals surface area contributed by atoms with Gasteiger partial charge in [-0.05, 0) is 48.9 Å². The molecule has 0 aliphatic heterocycles. The maximum Gasteiger partial charge on any atom is 0.270 e. The fourth-order valence-electron chi connectivity index (χ4n) is 2.30. The van der Waals surface area contributed by atoms with Crippen LogP contribution in [0.25, 0.3) is 0 Å². The van der Waals surface area contributed by atoms with Gasteiger partial charge in [-0.1, -0.05) is 17.7 Å². The van der Waals surface area contributed by atoms with Crippen molar-refractivity contribution < 1.29 is 14.0 Å². The first-order valence-corrected chi connectivity index (χ1v) is 8.25. The number of nitrogens with one attached hydrogen (secondary N) is 2. The van der Waals surface area contributed by atoms with Crippen LogP contribution in [0.1, 0.15) is 32.2 Å². The third kappa shape index (κ3) is 4.10. The lowest BCUT2D eigenvalue weighted by Gasteiger charge is -2.10. The Morgan fingerprint density at radius 2 is 2.00 bits per heavy atom. The number of carbonyl (C=O) groups is 2. The van der Waals surface area contributed by atoms with Crippen molar-refractivity contribution in [2.24, 2.45) is 0 Å². The molecule has 7 heteroatoms. The van der Waals surface area contributed by atoms with Gasteiger partial charge >= 0.3 is 0 Å². The molecule has 0 saturated heterocycles. The molecule has 132 valence electrons. The molecular weight excluding hydrogens is 354 g/mol. The van der Waals surface area contributed by atoms with Crippen LogP contribution in [0.5, 0.6) is 0 Å². The average molecular weight is 370 g/mol. The first kappa shape index (κ1) is 17.7. The van der Waals surface area contributed by atoms with Gasteiger partial charge in [0.15, 0.2) is 0 Å². The number of hydrogen-bond donors (Lipinski definition) is 2. The number of furan rings is 1. The summed E-state index contributed by atoms with van der Waals surface area (Å²) in [6.45, 7) is 2.06. The highest BCUT2D eigenvalue weighted by molar-refractivity contribution is 6.31. The van der Waals surface area contributed by atoms with E-state index in [4.69, 9.17) is 16.0 Å². The Balaban J connectivity index is 1.70. The summed E-state index contributed by atoms with van der Waals surface area (Å²) in [5.41, 5.74) is 1.85. The Morgan fingerprint density at radius 1 is 1.15 bits per heavy atom. The second-order valence-electron chi connectivity index (χ2n) is 5.56. The Kier molecular flexibility index (Phi) is 5.34. The molecule has 2 amide bonds. The molecule has 2 N–H and O–H groups in total. The molecule has 1 aromatic carbocycles. The van der Waals surface area contributed by atoms with Crippen molar-refractivity contribution in [3.63, 3.8) is 0 Å². The summed E-state index contributed by atoms with van der Waals surface area (Å²) in [5, 5.41) is 6.04. The summed E-state index contributed by atoms with van der Waals surface area (Å²) in [6.07, 6.45) is 2.95. The lowest BCUT2D eigenvalue weighted by molar-refractivity contribution is 0.0943. The molecule has 0 fully saturated rings. The quantitative estimate of drug-likeness (QED) is 0.716. The Bertz CT molecular complexity index is 939. The maximum absolute atomic E-state index is 12.5. The number of carbonyl (C=O) groups excluding carboxylic acids is 2. The lowest BCUT2D eigenvalue weighted by atomic mass is 10.1. The molecule has 0 saturated carbocycles. The first-order valence-electron chi connectivity index (χ1n) is 7.87. The van der Waals surface area contributed by atoms with Gasteiger partial charge in [0, 0.05) is 22.5 Å². The van der Waals surface area contributed by atoms with Crippen LogP contribution in [0.2, 0.25) is 5.02 Å². The molecule has 0 unspecified atom stereocenters. The standard InChI is InChI=1S/C19H16ClN3O3/c1-12-15(20)5-2-6-16(12)23-18(24)13-7-8-21-17(10-13)19(25)22-11-14-4-3-9-26-14/h2-10H,11H2,1H3,(H,22,25)(H,23,24). The fraction of sp³-hybridized carbons (Fsp3) is 0.105. The molecule has 2 aromatic heterocycles. The van der Waals surface area contributed by atoms with Gasteiger partial charge < -0.3 is 15.1 Å². The molecule has 3 aromatic rings. The van der Waals surface area contributed by atoms with Crippen LogP contribution in [0.4, 0.5) is 5.69 Å². The zero-order chi connectivity index (χ0) is 18.5. The lowest BCUT2D eigenvalue weighted by Crippen LogP contribution is -2.24. The van der Waals surface area contributed by atoms with Crippen molar-refractivity contribution in [3.05, 3.63) is 82.5 Å². The van der Waals surface area contributed by atoms with Crippen molar-refractivity contribution in [2.75, 3.05) is 5.32 Å². The number of anilines is 1. The van der Waals surface area contributed by atoms with E-state index in [1.807, 2.05) is 6.92 Å². The number of halogens is 1. The summed E-state index contributed by atoms with van der Waals surface area (Å²) >= 11 is 6.07. The third-order valence-corrected chi connectivity index (χ3v) is 4.18. The van der Waals surface area contributed by atoms with E-state index in [-0.39, 0.29) is 18.1 Å². The SMILES string of the molecule is Cc1c(Cl)cccc1NC(=O)c1ccnc(C(=O)NCc2ccco2)c1. The van der Waals surface area contributed by atoms with Gasteiger partial charge in [-0.3, -0.25) is 14.6 Å². The van der Waals surface area contributed by atoms with Crippen LogP contribution in [0.3, 0.4) is 0 Å². The van der Waals surface area contributed by atoms with E-state index in [1.165, 1.54) is 18.5 Å². The highest BCUT2D eigenvalue weighted by Gasteiger charge is 2.13. The first-order chi connectivity index (χ1) is 12.5. The van der Waals surface area contributed by atoms with Gasteiger partial charge in [-0.2, -0.15) is 0 Å². The maximum atomic E-state index is 12.5. The van der Waals surface area contributed by atoms with Crippen LogP contribution in [0.15, 0.2) is 59.3 Å². The van der Waals surface area contributed by atoms with Crippen LogP contribution >= 0.6 is 11.6 Å². The number of aromatic nitrogens is 1. The number of amides is 2. The Labute approximate surface area is 155 Å². The van der Waals surface area contributed by atoms with Crippen LogP contribution in [-0.4, -0.2) is 16.8 Å². The van der Waals surface area contributed by atoms with E-state index in [0.29, 0.717) is 22.0 Å². The Hall–Kier alpha value is -3.12. The van der Waals surface area contributed by atoms with E-state index < -0.39 is 5.91 Å². The number of nitrogens with zero attached hydrogens (tertiary/aromatic N) is 1. The molecule has 6 nitrogen and oxygen atoms in total. The van der Waals surface area contributed by atoms with Gasteiger partial charge in [0.05, 0.1) is 12.8 Å². The predicted octanol–water partition coefficient (Wildman–Crippen LogP) is 3.82. The highest BCUT2D eigenvalue weighted by Crippen LogP contribution is 2.23. The number of benzene rings is 1. The van der Waals surface area contributed by atoms with Gasteiger partial charge in [-0.15, -0.1) is 0 Å². The largest absolute Gasteiger partial charge is 0.467 e. The molecule has 0 atom stereocenters. The average Bonchev–Trinajstić information content (AvgIpc) is 3.17. The minimum atomic E-state index is -0.394. The molecule has 0 spiro atoms. The second-order valence-corrected chi connectivity index (χ2v) is 5.97. The monoisotopic (exact) mass is 369 g/mol. The van der Waals surface area contributed by atoms with Crippen molar-refractivity contribution in [2.45, 2.75) is 13.5 Å². The highest BCUT2D eigenvalue weighted by atomic mass is 35.5. The minimum absolute atomic E-state index is 0.145. The van der Waals surface area contributed by atoms with Gasteiger partial charge in [0.25, 0.3) is 11.8 Å². The molecule has 0 aliphatic rings. The number of hydrogen-bond acceptors (Lipinski definition) is 4. The van der Waals surface area contributed by atoms with Crippen molar-refractivity contribution in [1.82, 2.24) is 10.3 Å². The third-order valence-electron chi connectivity index (χ3n) is 3.77. The zero-order valence-corrected chi connectivity index (χ0v) is 14.7. The Morgan fingerprint density at radius 3 is 2.77 bits per heavy atom. The van der Waals surface area contributed by atoms with Crippen molar-refractivity contribution in [3.8, 4) is 0 Å². The summed E-state index contributed by atoms with van der Waals surface area (Å²) in [5.74, 6) is -0.114. The number of pyridine rings is 1. The van der Waals surface area contributed by atoms with E-state index >= 15 is 0 Å².